The highest BCUT2D eigenvalue weighted by Gasteiger charge is 2.21. The van der Waals surface area contributed by atoms with Crippen molar-refractivity contribution in [2.45, 2.75) is 39.7 Å². The molecule has 32 heavy (non-hydrogen) atoms. The molecule has 0 amide bonds. The smallest absolute Gasteiger partial charge is 0.228 e. The van der Waals surface area contributed by atoms with Crippen LogP contribution in [-0.4, -0.2) is 79.4 Å². The zero-order valence-electron chi connectivity index (χ0n) is 19.9. The predicted octanol–water partition coefficient (Wildman–Crippen LogP) is 2.54. The summed E-state index contributed by atoms with van der Waals surface area (Å²) in [5.74, 6) is 4.34. The lowest BCUT2D eigenvalue weighted by atomic mass is 10.1. The lowest BCUT2D eigenvalue weighted by molar-refractivity contribution is 0.171. The Balaban J connectivity index is 1.54. The van der Waals surface area contributed by atoms with Crippen LogP contribution in [0.3, 0.4) is 0 Å². The van der Waals surface area contributed by atoms with Crippen LogP contribution in [0.4, 0.5) is 0 Å². The molecule has 176 valence electrons. The Kier molecular flexibility index (Phi) is 8.72. The maximum absolute atomic E-state index is 5.53. The molecule has 0 radical (unpaired) electrons. The van der Waals surface area contributed by atoms with Crippen molar-refractivity contribution in [3.05, 3.63) is 35.5 Å². The zero-order valence-corrected chi connectivity index (χ0v) is 19.9. The van der Waals surface area contributed by atoms with Crippen molar-refractivity contribution in [2.24, 2.45) is 4.99 Å². The van der Waals surface area contributed by atoms with Gasteiger partial charge in [-0.2, -0.15) is 4.98 Å². The molecule has 0 saturated carbocycles. The second-order valence-corrected chi connectivity index (χ2v) is 8.13. The van der Waals surface area contributed by atoms with Gasteiger partial charge in [-0.05, 0) is 25.1 Å². The first-order valence-corrected chi connectivity index (χ1v) is 11.3. The van der Waals surface area contributed by atoms with Gasteiger partial charge in [0.2, 0.25) is 5.89 Å². The number of nitrogens with zero attached hydrogens (tertiary/aromatic N) is 5. The Morgan fingerprint density at radius 1 is 1.19 bits per heavy atom. The summed E-state index contributed by atoms with van der Waals surface area (Å²) >= 11 is 0. The first-order chi connectivity index (χ1) is 15.5. The average molecular weight is 445 g/mol. The van der Waals surface area contributed by atoms with E-state index in [1.807, 2.05) is 12.1 Å². The Morgan fingerprint density at radius 3 is 2.59 bits per heavy atom. The van der Waals surface area contributed by atoms with Gasteiger partial charge in [0.15, 0.2) is 11.8 Å². The van der Waals surface area contributed by atoms with Crippen molar-refractivity contribution in [2.75, 3.05) is 53.5 Å². The number of aromatic nitrogens is 2. The number of rotatable bonds is 9. The third-order valence-electron chi connectivity index (χ3n) is 5.48. The van der Waals surface area contributed by atoms with E-state index in [2.05, 4.69) is 52.1 Å². The van der Waals surface area contributed by atoms with Crippen molar-refractivity contribution < 1.29 is 14.0 Å². The van der Waals surface area contributed by atoms with Crippen LogP contribution in [-0.2, 0) is 13.0 Å². The Hall–Kier alpha value is -2.81. The summed E-state index contributed by atoms with van der Waals surface area (Å²) in [6.45, 7) is 12.2. The third-order valence-corrected chi connectivity index (χ3v) is 5.48. The highest BCUT2D eigenvalue weighted by Crippen LogP contribution is 2.25. The highest BCUT2D eigenvalue weighted by molar-refractivity contribution is 5.80. The molecular weight excluding hydrogens is 408 g/mol. The van der Waals surface area contributed by atoms with Crippen LogP contribution in [0.15, 0.2) is 27.7 Å². The summed E-state index contributed by atoms with van der Waals surface area (Å²) < 4.78 is 16.2. The molecule has 9 nitrogen and oxygen atoms in total. The van der Waals surface area contributed by atoms with E-state index in [0.29, 0.717) is 18.9 Å². The van der Waals surface area contributed by atoms with Gasteiger partial charge in [-0.25, -0.2) is 0 Å². The van der Waals surface area contributed by atoms with E-state index in [1.54, 1.807) is 14.2 Å². The van der Waals surface area contributed by atoms with E-state index >= 15 is 0 Å². The minimum atomic E-state index is 0.265. The van der Waals surface area contributed by atoms with Crippen LogP contribution in [0.2, 0.25) is 0 Å². The quantitative estimate of drug-likeness (QED) is 0.466. The van der Waals surface area contributed by atoms with Crippen molar-refractivity contribution in [1.29, 1.82) is 0 Å². The lowest BCUT2D eigenvalue weighted by Gasteiger charge is -2.36. The van der Waals surface area contributed by atoms with E-state index in [-0.39, 0.29) is 5.92 Å². The van der Waals surface area contributed by atoms with Crippen molar-refractivity contribution in [3.8, 4) is 11.5 Å². The minimum Gasteiger partial charge on any atom is -0.497 e. The third kappa shape index (κ3) is 6.35. The summed E-state index contributed by atoms with van der Waals surface area (Å²) in [4.78, 5) is 14.0. The molecule has 1 aliphatic rings. The molecule has 3 rings (SSSR count). The number of benzene rings is 1. The number of methoxy groups -OCH3 is 2. The lowest BCUT2D eigenvalue weighted by Crippen LogP contribution is -2.52. The molecule has 0 spiro atoms. The van der Waals surface area contributed by atoms with E-state index in [9.17, 15) is 0 Å². The fraction of sp³-hybridized carbons (Fsp3) is 0.609. The average Bonchev–Trinajstić information content (AvgIpc) is 3.28. The van der Waals surface area contributed by atoms with Gasteiger partial charge in [0.05, 0.1) is 20.8 Å². The minimum absolute atomic E-state index is 0.265. The molecular formula is C23H36N6O3. The number of piperazine rings is 1. The van der Waals surface area contributed by atoms with Crippen LogP contribution < -0.4 is 14.8 Å². The standard InChI is InChI=1S/C23H36N6O3/c1-6-24-23(25-10-9-21-26-22(17(2)3)27-32-21)29-13-11-28(12-14-29)16-18-15-19(30-4)7-8-20(18)31-5/h7-8,15,17H,6,9-14,16H2,1-5H3,(H,24,25). The summed E-state index contributed by atoms with van der Waals surface area (Å²) in [6.07, 6.45) is 0.643. The van der Waals surface area contributed by atoms with Gasteiger partial charge in [-0.15, -0.1) is 0 Å². The van der Waals surface area contributed by atoms with Gasteiger partial charge in [-0.1, -0.05) is 19.0 Å². The van der Waals surface area contributed by atoms with E-state index in [4.69, 9.17) is 19.0 Å². The highest BCUT2D eigenvalue weighted by atomic mass is 16.5. The molecule has 2 heterocycles. The van der Waals surface area contributed by atoms with Crippen LogP contribution in [0.25, 0.3) is 0 Å². The van der Waals surface area contributed by atoms with Crippen molar-refractivity contribution in [1.82, 2.24) is 25.3 Å². The van der Waals surface area contributed by atoms with Gasteiger partial charge < -0.3 is 24.2 Å². The fourth-order valence-electron chi connectivity index (χ4n) is 3.65. The van der Waals surface area contributed by atoms with Crippen LogP contribution in [0, 0.1) is 0 Å². The maximum atomic E-state index is 5.53. The molecule has 1 fully saturated rings. The summed E-state index contributed by atoms with van der Waals surface area (Å²) in [6, 6.07) is 5.95. The number of ether oxygens (including phenoxy) is 2. The second-order valence-electron chi connectivity index (χ2n) is 8.13. The van der Waals surface area contributed by atoms with E-state index < -0.39 is 0 Å². The molecule has 1 saturated heterocycles. The molecule has 0 bridgehead atoms. The Labute approximate surface area is 190 Å². The van der Waals surface area contributed by atoms with Crippen LogP contribution >= 0.6 is 0 Å². The molecule has 9 heteroatoms. The van der Waals surface area contributed by atoms with Crippen molar-refractivity contribution in [3.63, 3.8) is 0 Å². The predicted molar refractivity (Wildman–Crippen MR) is 124 cm³/mol. The van der Waals surface area contributed by atoms with Gasteiger partial charge >= 0.3 is 0 Å². The monoisotopic (exact) mass is 444 g/mol. The number of aliphatic imine (C=N–C) groups is 1. The number of hydrogen-bond acceptors (Lipinski definition) is 7. The van der Waals surface area contributed by atoms with Crippen LogP contribution in [0.5, 0.6) is 11.5 Å². The molecule has 0 atom stereocenters. The van der Waals surface area contributed by atoms with Gasteiger partial charge in [-0.3, -0.25) is 9.89 Å². The molecule has 1 N–H and O–H groups in total. The molecule has 1 aromatic heterocycles. The molecule has 2 aromatic rings. The molecule has 0 unspecified atom stereocenters. The number of nitrogens with one attached hydrogen (secondary N) is 1. The maximum Gasteiger partial charge on any atom is 0.228 e. The summed E-state index contributed by atoms with van der Waals surface area (Å²) in [5, 5.41) is 7.44. The Morgan fingerprint density at radius 2 is 1.97 bits per heavy atom. The SMILES string of the molecule is CCNC(=NCCc1nc(C(C)C)no1)N1CCN(Cc2cc(OC)ccc2OC)CC1. The van der Waals surface area contributed by atoms with Gasteiger partial charge in [0.25, 0.3) is 0 Å². The van der Waals surface area contributed by atoms with Crippen molar-refractivity contribution >= 4 is 5.96 Å². The number of hydrogen-bond donors (Lipinski definition) is 1. The molecule has 0 aliphatic carbocycles. The summed E-state index contributed by atoms with van der Waals surface area (Å²) in [5.41, 5.74) is 1.14. The number of guanidine groups is 1. The van der Waals surface area contributed by atoms with Gasteiger partial charge in [0.1, 0.15) is 11.5 Å². The second kappa shape index (κ2) is 11.7. The Bertz CT molecular complexity index is 874. The van der Waals surface area contributed by atoms with Crippen LogP contribution in [0.1, 0.15) is 44.0 Å². The largest absolute Gasteiger partial charge is 0.497 e. The zero-order chi connectivity index (χ0) is 22.9. The molecule has 1 aromatic carbocycles. The first-order valence-electron chi connectivity index (χ1n) is 11.3. The normalized spacial score (nSPS) is 15.3. The van der Waals surface area contributed by atoms with E-state index in [0.717, 1.165) is 68.1 Å². The van der Waals surface area contributed by atoms with E-state index in [1.165, 1.54) is 0 Å². The summed E-state index contributed by atoms with van der Waals surface area (Å²) in [7, 11) is 3.40. The van der Waals surface area contributed by atoms with Gasteiger partial charge in [0, 0.05) is 57.2 Å². The first kappa shape index (κ1) is 23.8. The fourth-order valence-corrected chi connectivity index (χ4v) is 3.65. The molecule has 1 aliphatic heterocycles. The topological polar surface area (TPSA) is 88.2 Å².